The molecule has 0 saturated carbocycles. The number of aliphatic hydroxyl groups excluding tert-OH is 2. The second-order valence-corrected chi connectivity index (χ2v) is 10.3. The normalized spacial score (nSPS) is 23.5. The molecule has 2 fully saturated rings. The van der Waals surface area contributed by atoms with Gasteiger partial charge < -0.3 is 25.0 Å². The number of carbonyl (C=O) groups excluding carboxylic acids is 2. The molecule has 4 rings (SSSR count). The molecular formula is C29H39N3O7. The van der Waals surface area contributed by atoms with E-state index in [-0.39, 0.29) is 37.2 Å². The molecule has 2 aromatic rings. The Morgan fingerprint density at radius 2 is 1.59 bits per heavy atom. The van der Waals surface area contributed by atoms with Gasteiger partial charge in [-0.15, -0.1) is 0 Å². The molecule has 0 aliphatic carbocycles. The molecule has 0 radical (unpaired) electrons. The van der Waals surface area contributed by atoms with Crippen molar-refractivity contribution >= 4 is 11.8 Å². The molecule has 2 aliphatic heterocycles. The van der Waals surface area contributed by atoms with E-state index in [0.717, 1.165) is 41.8 Å². The number of unbranched alkanes of at least 4 members (excludes halogenated alkanes) is 1. The molecule has 2 amide bonds. The number of nitrogens with one attached hydrogen (secondary N) is 2. The average Bonchev–Trinajstić information content (AvgIpc) is 3.38. The number of aliphatic hydroxyl groups is 2. The topological polar surface area (TPSA) is 141 Å². The Hall–Kier alpha value is -2.86. The summed E-state index contributed by atoms with van der Waals surface area (Å²) in [5.74, 6) is -0.541. The van der Waals surface area contributed by atoms with Crippen molar-refractivity contribution in [1.29, 1.82) is 0 Å². The quantitative estimate of drug-likeness (QED) is 0.157. The lowest BCUT2D eigenvalue weighted by atomic mass is 9.99. The highest BCUT2D eigenvalue weighted by molar-refractivity contribution is 5.76. The van der Waals surface area contributed by atoms with Gasteiger partial charge in [0.15, 0.2) is 6.29 Å². The van der Waals surface area contributed by atoms with Crippen molar-refractivity contribution in [2.75, 3.05) is 19.6 Å². The first kappa shape index (κ1) is 29.1. The standard InChI is InChI=1S/C29H39N3O7/c33-19-21-7-9-22(10-8-21)26-15-25(18-32-14-13-24(34)17-32)38-29(39-26)23-11-5-20(6-12-23)16-30-27(35)3-1-2-4-28(36)31-37/h5-12,24-26,29,33-34,37H,1-4,13-19H2,(H,30,35)(H,31,36)/t24-,25-,26+,29+/m0/s1. The van der Waals surface area contributed by atoms with Crippen LogP contribution in [0.25, 0.3) is 0 Å². The van der Waals surface area contributed by atoms with E-state index >= 15 is 0 Å². The number of rotatable bonds is 12. The average molecular weight is 542 g/mol. The summed E-state index contributed by atoms with van der Waals surface area (Å²) in [6, 6.07) is 15.6. The molecule has 10 heteroatoms. The highest BCUT2D eigenvalue weighted by Crippen LogP contribution is 2.38. The Balaban J connectivity index is 1.34. The van der Waals surface area contributed by atoms with Crippen LogP contribution in [0, 0.1) is 0 Å². The van der Waals surface area contributed by atoms with E-state index in [1.54, 1.807) is 5.48 Å². The predicted molar refractivity (Wildman–Crippen MR) is 142 cm³/mol. The van der Waals surface area contributed by atoms with Crippen LogP contribution in [0.3, 0.4) is 0 Å². The molecule has 10 nitrogen and oxygen atoms in total. The van der Waals surface area contributed by atoms with E-state index in [1.807, 2.05) is 48.5 Å². The van der Waals surface area contributed by atoms with Crippen LogP contribution in [-0.2, 0) is 32.2 Å². The first-order valence-electron chi connectivity index (χ1n) is 13.6. The van der Waals surface area contributed by atoms with Gasteiger partial charge in [-0.05, 0) is 36.0 Å². The molecule has 0 spiro atoms. The maximum atomic E-state index is 12.1. The molecule has 2 aromatic carbocycles. The van der Waals surface area contributed by atoms with Crippen molar-refractivity contribution in [3.8, 4) is 0 Å². The number of hydrogen-bond acceptors (Lipinski definition) is 8. The lowest BCUT2D eigenvalue weighted by molar-refractivity contribution is -0.252. The first-order chi connectivity index (χ1) is 18.9. The minimum Gasteiger partial charge on any atom is -0.392 e. The smallest absolute Gasteiger partial charge is 0.243 e. The zero-order valence-electron chi connectivity index (χ0n) is 22.1. The number of hydrogen-bond donors (Lipinski definition) is 5. The van der Waals surface area contributed by atoms with Crippen molar-refractivity contribution < 1.29 is 34.5 Å². The Bertz CT molecular complexity index is 1060. The van der Waals surface area contributed by atoms with Crippen LogP contribution >= 0.6 is 0 Å². The molecular weight excluding hydrogens is 502 g/mol. The number of likely N-dealkylation sites (tertiary alicyclic amines) is 1. The fourth-order valence-electron chi connectivity index (χ4n) is 5.01. The number of ether oxygens (including phenoxy) is 2. The number of benzene rings is 2. The Labute approximate surface area is 228 Å². The summed E-state index contributed by atoms with van der Waals surface area (Å²) in [6.07, 6.45) is 1.98. The van der Waals surface area contributed by atoms with E-state index in [1.165, 1.54) is 0 Å². The minimum absolute atomic E-state index is 0.00634. The largest absolute Gasteiger partial charge is 0.392 e. The van der Waals surface area contributed by atoms with E-state index < -0.39 is 12.2 Å². The van der Waals surface area contributed by atoms with Crippen molar-refractivity contribution in [3.63, 3.8) is 0 Å². The van der Waals surface area contributed by atoms with Gasteiger partial charge in [-0.2, -0.15) is 0 Å². The van der Waals surface area contributed by atoms with E-state index in [2.05, 4.69) is 10.2 Å². The van der Waals surface area contributed by atoms with Gasteiger partial charge in [-0.25, -0.2) is 5.48 Å². The maximum Gasteiger partial charge on any atom is 0.243 e. The maximum absolute atomic E-state index is 12.1. The van der Waals surface area contributed by atoms with Gasteiger partial charge in [0, 0.05) is 51.0 Å². The molecule has 212 valence electrons. The zero-order chi connectivity index (χ0) is 27.6. The summed E-state index contributed by atoms with van der Waals surface area (Å²) in [6.45, 7) is 2.60. The van der Waals surface area contributed by atoms with Gasteiger partial charge in [-0.1, -0.05) is 48.5 Å². The predicted octanol–water partition coefficient (Wildman–Crippen LogP) is 2.47. The zero-order valence-corrected chi connectivity index (χ0v) is 22.1. The molecule has 0 unspecified atom stereocenters. The molecule has 0 bridgehead atoms. The lowest BCUT2D eigenvalue weighted by Crippen LogP contribution is -2.38. The molecule has 2 heterocycles. The summed E-state index contributed by atoms with van der Waals surface area (Å²) in [4.78, 5) is 25.4. The number of nitrogens with zero attached hydrogens (tertiary/aromatic N) is 1. The van der Waals surface area contributed by atoms with Crippen molar-refractivity contribution in [1.82, 2.24) is 15.7 Å². The third-order valence-corrected chi connectivity index (χ3v) is 7.25. The molecule has 2 saturated heterocycles. The summed E-state index contributed by atoms with van der Waals surface area (Å²) >= 11 is 0. The minimum atomic E-state index is -0.557. The van der Waals surface area contributed by atoms with Crippen LogP contribution in [0.4, 0.5) is 0 Å². The molecule has 4 atom stereocenters. The van der Waals surface area contributed by atoms with E-state index in [4.69, 9.17) is 14.7 Å². The van der Waals surface area contributed by atoms with Gasteiger partial charge >= 0.3 is 0 Å². The van der Waals surface area contributed by atoms with Crippen LogP contribution in [-0.4, -0.2) is 64.0 Å². The summed E-state index contributed by atoms with van der Waals surface area (Å²) in [7, 11) is 0. The van der Waals surface area contributed by atoms with Gasteiger partial charge in [0.1, 0.15) is 0 Å². The van der Waals surface area contributed by atoms with Crippen molar-refractivity contribution in [2.45, 2.75) is 76.3 Å². The van der Waals surface area contributed by atoms with Crippen LogP contribution in [0.5, 0.6) is 0 Å². The summed E-state index contributed by atoms with van der Waals surface area (Å²) in [5, 5.41) is 30.7. The highest BCUT2D eigenvalue weighted by Gasteiger charge is 2.34. The second kappa shape index (κ2) is 14.5. The van der Waals surface area contributed by atoms with E-state index in [9.17, 15) is 19.8 Å². The second-order valence-electron chi connectivity index (χ2n) is 10.3. The molecule has 0 aromatic heterocycles. The Morgan fingerprint density at radius 3 is 2.23 bits per heavy atom. The monoisotopic (exact) mass is 541 g/mol. The fourth-order valence-corrected chi connectivity index (χ4v) is 5.01. The number of carbonyl (C=O) groups is 2. The summed E-state index contributed by atoms with van der Waals surface area (Å²) in [5.41, 5.74) is 5.30. The highest BCUT2D eigenvalue weighted by atomic mass is 16.7. The Kier molecular flexibility index (Phi) is 10.8. The van der Waals surface area contributed by atoms with Gasteiger partial charge in [0.25, 0.3) is 0 Å². The lowest BCUT2D eigenvalue weighted by Gasteiger charge is -2.37. The molecule has 39 heavy (non-hydrogen) atoms. The number of amides is 2. The number of β-amino-alcohol motifs (C(OH)–C–C–N with tert-alkyl or cyclic N) is 1. The fraction of sp³-hybridized carbons (Fsp3) is 0.517. The number of hydroxylamine groups is 1. The SMILES string of the molecule is O=C(CCCCC(=O)NCc1ccc([C@@H]2O[C@H](CN3CC[C@H](O)C3)C[C@H](c3ccc(CO)cc3)O2)cc1)NO. The van der Waals surface area contributed by atoms with Crippen LogP contribution in [0.2, 0.25) is 0 Å². The Morgan fingerprint density at radius 1 is 0.923 bits per heavy atom. The van der Waals surface area contributed by atoms with Crippen LogP contribution < -0.4 is 10.8 Å². The van der Waals surface area contributed by atoms with Gasteiger partial charge in [0.2, 0.25) is 11.8 Å². The molecule has 2 aliphatic rings. The van der Waals surface area contributed by atoms with Crippen LogP contribution in [0.15, 0.2) is 48.5 Å². The third kappa shape index (κ3) is 8.82. The summed E-state index contributed by atoms with van der Waals surface area (Å²) < 4.78 is 12.8. The van der Waals surface area contributed by atoms with Gasteiger partial charge in [0.05, 0.1) is 24.9 Å². The van der Waals surface area contributed by atoms with Crippen molar-refractivity contribution in [3.05, 3.63) is 70.8 Å². The first-order valence-corrected chi connectivity index (χ1v) is 13.6. The third-order valence-electron chi connectivity index (χ3n) is 7.25. The van der Waals surface area contributed by atoms with Gasteiger partial charge in [-0.3, -0.25) is 19.7 Å². The van der Waals surface area contributed by atoms with Crippen molar-refractivity contribution in [2.24, 2.45) is 0 Å². The van der Waals surface area contributed by atoms with E-state index in [0.29, 0.717) is 38.8 Å². The van der Waals surface area contributed by atoms with Crippen LogP contribution in [0.1, 0.15) is 73.2 Å². The molecule has 5 N–H and O–H groups in total.